The lowest BCUT2D eigenvalue weighted by molar-refractivity contribution is -0.141. The van der Waals surface area contributed by atoms with Crippen molar-refractivity contribution < 1.29 is 14.3 Å². The summed E-state index contributed by atoms with van der Waals surface area (Å²) in [5, 5.41) is 3.91. The number of hydrogen-bond donors (Lipinski definition) is 1. The first-order valence-electron chi connectivity index (χ1n) is 10.5. The summed E-state index contributed by atoms with van der Waals surface area (Å²) in [4.78, 5) is 32.2. The van der Waals surface area contributed by atoms with Gasteiger partial charge in [0.2, 0.25) is 5.91 Å². The standard InChI is InChI=1S/C23H31N3O3S/c1-14(2)13-29-22(28)19-16(5)24-23-26(10-7-11-30-23)20(19)17-8-6-9-18(12-17)25-21(27)15(3)4/h6,8-9,12,14-15,20H,7,10-11,13H2,1-5H3,(H,25,27). The number of amidine groups is 1. The Hall–Kier alpha value is -2.28. The van der Waals surface area contributed by atoms with Crippen LogP contribution >= 0.6 is 11.8 Å². The van der Waals surface area contributed by atoms with E-state index in [2.05, 4.69) is 10.2 Å². The predicted octanol–water partition coefficient (Wildman–Crippen LogP) is 4.60. The number of carbonyl (C=O) groups is 2. The predicted molar refractivity (Wildman–Crippen MR) is 122 cm³/mol. The highest BCUT2D eigenvalue weighted by atomic mass is 32.2. The molecule has 1 fully saturated rings. The number of rotatable bonds is 6. The summed E-state index contributed by atoms with van der Waals surface area (Å²) in [7, 11) is 0. The number of anilines is 1. The van der Waals surface area contributed by atoms with Crippen molar-refractivity contribution in [2.24, 2.45) is 16.8 Å². The summed E-state index contributed by atoms with van der Waals surface area (Å²) < 4.78 is 5.60. The Balaban J connectivity index is 1.99. The Labute approximate surface area is 183 Å². The first-order valence-corrected chi connectivity index (χ1v) is 11.5. The van der Waals surface area contributed by atoms with Gasteiger partial charge in [0, 0.05) is 23.9 Å². The topological polar surface area (TPSA) is 71.0 Å². The van der Waals surface area contributed by atoms with Gasteiger partial charge >= 0.3 is 5.97 Å². The maximum Gasteiger partial charge on any atom is 0.338 e. The van der Waals surface area contributed by atoms with Crippen LogP contribution in [0.3, 0.4) is 0 Å². The highest BCUT2D eigenvalue weighted by Crippen LogP contribution is 2.40. The molecule has 30 heavy (non-hydrogen) atoms. The maximum atomic E-state index is 13.1. The Kier molecular flexibility index (Phi) is 7.23. The highest BCUT2D eigenvalue weighted by molar-refractivity contribution is 8.13. The third-order valence-electron chi connectivity index (χ3n) is 5.02. The van der Waals surface area contributed by atoms with Crippen LogP contribution < -0.4 is 5.32 Å². The van der Waals surface area contributed by atoms with E-state index in [0.717, 1.165) is 35.1 Å². The lowest BCUT2D eigenvalue weighted by Crippen LogP contribution is -2.42. The molecule has 0 bridgehead atoms. The summed E-state index contributed by atoms with van der Waals surface area (Å²) >= 11 is 1.72. The van der Waals surface area contributed by atoms with Gasteiger partial charge < -0.3 is 15.0 Å². The van der Waals surface area contributed by atoms with E-state index in [1.165, 1.54) is 0 Å². The van der Waals surface area contributed by atoms with E-state index in [-0.39, 0.29) is 29.8 Å². The van der Waals surface area contributed by atoms with E-state index in [9.17, 15) is 9.59 Å². The van der Waals surface area contributed by atoms with Crippen molar-refractivity contribution in [3.8, 4) is 0 Å². The van der Waals surface area contributed by atoms with E-state index in [0.29, 0.717) is 17.9 Å². The Morgan fingerprint density at radius 1 is 1.30 bits per heavy atom. The van der Waals surface area contributed by atoms with Crippen molar-refractivity contribution in [1.29, 1.82) is 0 Å². The molecule has 0 aromatic heterocycles. The highest BCUT2D eigenvalue weighted by Gasteiger charge is 2.38. The maximum absolute atomic E-state index is 13.1. The van der Waals surface area contributed by atoms with Gasteiger partial charge in [0.1, 0.15) is 0 Å². The number of thioether (sulfide) groups is 1. The van der Waals surface area contributed by atoms with Gasteiger partial charge in [-0.3, -0.25) is 4.79 Å². The normalized spacial score (nSPS) is 19.0. The van der Waals surface area contributed by atoms with E-state index in [1.807, 2.05) is 58.9 Å². The molecule has 1 unspecified atom stereocenters. The number of benzene rings is 1. The molecule has 1 aromatic rings. The molecular formula is C23H31N3O3S. The fraction of sp³-hybridized carbons (Fsp3) is 0.522. The number of esters is 1. The summed E-state index contributed by atoms with van der Waals surface area (Å²) in [5.41, 5.74) is 2.95. The third-order valence-corrected chi connectivity index (χ3v) is 6.10. The van der Waals surface area contributed by atoms with Gasteiger partial charge in [0.15, 0.2) is 5.17 Å². The van der Waals surface area contributed by atoms with Crippen LogP contribution in [0.5, 0.6) is 0 Å². The van der Waals surface area contributed by atoms with Crippen molar-refractivity contribution in [2.45, 2.75) is 47.1 Å². The summed E-state index contributed by atoms with van der Waals surface area (Å²) in [6.07, 6.45) is 1.03. The average molecular weight is 430 g/mol. The summed E-state index contributed by atoms with van der Waals surface area (Å²) in [6, 6.07) is 7.47. The zero-order chi connectivity index (χ0) is 21.8. The molecule has 1 saturated heterocycles. The van der Waals surface area contributed by atoms with Crippen LogP contribution in [0.1, 0.15) is 52.6 Å². The zero-order valence-corrected chi connectivity index (χ0v) is 19.2. The summed E-state index contributed by atoms with van der Waals surface area (Å²) in [5.74, 6) is 0.823. The Bertz CT molecular complexity index is 876. The molecule has 0 radical (unpaired) electrons. The minimum atomic E-state index is -0.318. The van der Waals surface area contributed by atoms with Gasteiger partial charge in [-0.15, -0.1) is 0 Å². The molecule has 0 spiro atoms. The number of nitrogens with one attached hydrogen (secondary N) is 1. The number of amides is 1. The van der Waals surface area contributed by atoms with Gasteiger partial charge in [-0.25, -0.2) is 9.79 Å². The zero-order valence-electron chi connectivity index (χ0n) is 18.4. The second kappa shape index (κ2) is 9.69. The van der Waals surface area contributed by atoms with Gasteiger partial charge in [-0.2, -0.15) is 0 Å². The van der Waals surface area contributed by atoms with Crippen molar-refractivity contribution in [1.82, 2.24) is 4.90 Å². The number of allylic oxidation sites excluding steroid dienone is 1. The second-order valence-electron chi connectivity index (χ2n) is 8.45. The number of hydrogen-bond acceptors (Lipinski definition) is 6. The lowest BCUT2D eigenvalue weighted by atomic mass is 9.94. The molecule has 1 aromatic carbocycles. The number of aliphatic imine (C=N–C) groups is 1. The fourth-order valence-corrected chi connectivity index (χ4v) is 4.49. The van der Waals surface area contributed by atoms with Crippen LogP contribution in [0.4, 0.5) is 5.69 Å². The molecule has 2 heterocycles. The van der Waals surface area contributed by atoms with Gasteiger partial charge in [0.05, 0.1) is 23.9 Å². The van der Waals surface area contributed by atoms with Crippen LogP contribution in [0.15, 0.2) is 40.5 Å². The minimum Gasteiger partial charge on any atom is -0.462 e. The monoisotopic (exact) mass is 429 g/mol. The lowest BCUT2D eigenvalue weighted by Gasteiger charge is -2.40. The molecular weight excluding hydrogens is 398 g/mol. The molecule has 0 aliphatic carbocycles. The molecule has 1 N–H and O–H groups in total. The molecule has 6 nitrogen and oxygen atoms in total. The number of ether oxygens (including phenoxy) is 1. The van der Waals surface area contributed by atoms with E-state index >= 15 is 0 Å². The van der Waals surface area contributed by atoms with E-state index in [1.54, 1.807) is 11.8 Å². The average Bonchev–Trinajstić information content (AvgIpc) is 2.71. The van der Waals surface area contributed by atoms with Crippen molar-refractivity contribution in [3.63, 3.8) is 0 Å². The number of nitrogens with zero attached hydrogens (tertiary/aromatic N) is 2. The molecule has 162 valence electrons. The van der Waals surface area contributed by atoms with Crippen LogP contribution in [0, 0.1) is 11.8 Å². The van der Waals surface area contributed by atoms with Crippen LogP contribution in [0.2, 0.25) is 0 Å². The molecule has 3 rings (SSSR count). The molecule has 7 heteroatoms. The third kappa shape index (κ3) is 5.06. The van der Waals surface area contributed by atoms with E-state index < -0.39 is 0 Å². The van der Waals surface area contributed by atoms with Crippen molar-refractivity contribution in [2.75, 3.05) is 24.2 Å². The van der Waals surface area contributed by atoms with Gasteiger partial charge in [-0.05, 0) is 37.0 Å². The molecule has 1 atom stereocenters. The smallest absolute Gasteiger partial charge is 0.338 e. The SMILES string of the molecule is CC1=C(C(=O)OCC(C)C)C(c2cccc(NC(=O)C(C)C)c2)N2CCCSC2=N1. The molecule has 0 saturated carbocycles. The quantitative estimate of drug-likeness (QED) is 0.669. The van der Waals surface area contributed by atoms with Crippen LogP contribution in [0.25, 0.3) is 0 Å². The molecule has 2 aliphatic rings. The first-order chi connectivity index (χ1) is 14.3. The van der Waals surface area contributed by atoms with Crippen molar-refractivity contribution >= 4 is 34.5 Å². The van der Waals surface area contributed by atoms with Crippen molar-refractivity contribution in [3.05, 3.63) is 41.1 Å². The van der Waals surface area contributed by atoms with Gasteiger partial charge in [0.25, 0.3) is 0 Å². The molecule has 1 amide bonds. The van der Waals surface area contributed by atoms with Gasteiger partial charge in [-0.1, -0.05) is 51.6 Å². The van der Waals surface area contributed by atoms with E-state index in [4.69, 9.17) is 9.73 Å². The molecule has 2 aliphatic heterocycles. The van der Waals surface area contributed by atoms with Crippen LogP contribution in [-0.4, -0.2) is 40.8 Å². The Morgan fingerprint density at radius 3 is 2.77 bits per heavy atom. The summed E-state index contributed by atoms with van der Waals surface area (Å²) in [6.45, 7) is 10.8. The van der Waals surface area contributed by atoms with Crippen LogP contribution in [-0.2, 0) is 14.3 Å². The first kappa shape index (κ1) is 22.4. The Morgan fingerprint density at radius 2 is 2.07 bits per heavy atom. The number of carbonyl (C=O) groups excluding carboxylic acids is 2. The number of fused-ring (bicyclic) bond motifs is 1. The largest absolute Gasteiger partial charge is 0.462 e. The minimum absolute atomic E-state index is 0.0325. The second-order valence-corrected chi connectivity index (χ2v) is 9.52. The fourth-order valence-electron chi connectivity index (χ4n) is 3.47.